The number of pyridine rings is 1. The molecule has 2 N–H and O–H groups in total. The van der Waals surface area contributed by atoms with Crippen molar-refractivity contribution in [2.24, 2.45) is 7.05 Å². The lowest BCUT2D eigenvalue weighted by Crippen LogP contribution is -2.15. The second kappa shape index (κ2) is 2.87. The van der Waals surface area contributed by atoms with Gasteiger partial charge in [0.1, 0.15) is 0 Å². The van der Waals surface area contributed by atoms with Crippen molar-refractivity contribution in [2.75, 3.05) is 5.73 Å². The van der Waals surface area contributed by atoms with Crippen LogP contribution in [-0.2, 0) is 7.05 Å². The summed E-state index contributed by atoms with van der Waals surface area (Å²) >= 11 is 0. The molecule has 0 fully saturated rings. The Bertz CT molecular complexity index is 555. The second-order valence-corrected chi connectivity index (χ2v) is 3.47. The summed E-state index contributed by atoms with van der Waals surface area (Å²) in [6, 6.07) is 5.47. The van der Waals surface area contributed by atoms with E-state index in [-0.39, 0.29) is 5.56 Å². The molecule has 0 amide bonds. The van der Waals surface area contributed by atoms with Crippen molar-refractivity contribution in [3.05, 3.63) is 40.3 Å². The van der Waals surface area contributed by atoms with E-state index in [1.165, 1.54) is 0 Å². The zero-order valence-corrected chi connectivity index (χ0v) is 8.24. The average molecular weight is 188 g/mol. The van der Waals surface area contributed by atoms with Gasteiger partial charge in [-0.15, -0.1) is 0 Å². The van der Waals surface area contributed by atoms with Gasteiger partial charge < -0.3 is 10.3 Å². The van der Waals surface area contributed by atoms with Crippen molar-refractivity contribution in [3.8, 4) is 0 Å². The number of aromatic nitrogens is 1. The molecular formula is C11H12N2O. The zero-order valence-electron chi connectivity index (χ0n) is 8.24. The summed E-state index contributed by atoms with van der Waals surface area (Å²) in [5.41, 5.74) is 7.48. The third kappa shape index (κ3) is 1.09. The van der Waals surface area contributed by atoms with Gasteiger partial charge in [0, 0.05) is 24.3 Å². The Hall–Kier alpha value is -1.77. The fourth-order valence-corrected chi connectivity index (χ4v) is 1.59. The highest BCUT2D eigenvalue weighted by Crippen LogP contribution is 2.20. The molecule has 0 saturated heterocycles. The predicted molar refractivity (Wildman–Crippen MR) is 58.3 cm³/mol. The fraction of sp³-hybridized carbons (Fsp3) is 0.182. The van der Waals surface area contributed by atoms with E-state index < -0.39 is 0 Å². The Kier molecular flexibility index (Phi) is 1.81. The number of nitrogens with two attached hydrogens (primary N) is 1. The van der Waals surface area contributed by atoms with Crippen molar-refractivity contribution >= 4 is 16.5 Å². The molecular weight excluding hydrogens is 176 g/mol. The Morgan fingerprint density at radius 3 is 2.64 bits per heavy atom. The van der Waals surface area contributed by atoms with E-state index >= 15 is 0 Å². The van der Waals surface area contributed by atoms with Crippen molar-refractivity contribution in [1.82, 2.24) is 4.57 Å². The summed E-state index contributed by atoms with van der Waals surface area (Å²) in [6.45, 7) is 1.93. The Balaban J connectivity index is 3.02. The van der Waals surface area contributed by atoms with E-state index in [4.69, 9.17) is 5.73 Å². The molecule has 0 aliphatic heterocycles. The summed E-state index contributed by atoms with van der Waals surface area (Å²) in [4.78, 5) is 11.7. The highest BCUT2D eigenvalue weighted by molar-refractivity contribution is 5.88. The molecule has 0 bridgehead atoms. The number of nitrogens with zero attached hydrogens (tertiary/aromatic N) is 1. The SMILES string of the molecule is Cc1c(N)ccc2c(=O)n(C)ccc12. The van der Waals surface area contributed by atoms with Gasteiger partial charge in [-0.25, -0.2) is 0 Å². The van der Waals surface area contributed by atoms with Gasteiger partial charge in [-0.1, -0.05) is 0 Å². The topological polar surface area (TPSA) is 48.0 Å². The molecule has 0 aliphatic carbocycles. The largest absolute Gasteiger partial charge is 0.398 e. The minimum Gasteiger partial charge on any atom is -0.398 e. The lowest BCUT2D eigenvalue weighted by molar-refractivity contribution is 0.873. The molecule has 1 aromatic carbocycles. The highest BCUT2D eigenvalue weighted by Gasteiger charge is 2.04. The van der Waals surface area contributed by atoms with Crippen LogP contribution in [0.2, 0.25) is 0 Å². The number of anilines is 1. The normalized spacial score (nSPS) is 10.7. The van der Waals surface area contributed by atoms with E-state index in [1.807, 2.05) is 13.0 Å². The molecule has 1 heterocycles. The third-order valence-electron chi connectivity index (χ3n) is 2.57. The molecule has 1 aromatic heterocycles. The van der Waals surface area contributed by atoms with Gasteiger partial charge in [0.2, 0.25) is 0 Å². The smallest absolute Gasteiger partial charge is 0.258 e. The summed E-state index contributed by atoms with van der Waals surface area (Å²) in [5.74, 6) is 0. The number of benzene rings is 1. The highest BCUT2D eigenvalue weighted by atomic mass is 16.1. The first-order chi connectivity index (χ1) is 6.61. The maximum Gasteiger partial charge on any atom is 0.258 e. The molecule has 2 rings (SSSR count). The number of nitrogen functional groups attached to an aromatic ring is 1. The minimum atomic E-state index is 0.0191. The Morgan fingerprint density at radius 2 is 1.93 bits per heavy atom. The molecule has 0 saturated carbocycles. The fourth-order valence-electron chi connectivity index (χ4n) is 1.59. The maximum atomic E-state index is 11.7. The van der Waals surface area contributed by atoms with Crippen LogP contribution in [0.5, 0.6) is 0 Å². The summed E-state index contributed by atoms with van der Waals surface area (Å²) in [7, 11) is 1.74. The van der Waals surface area contributed by atoms with Crippen LogP contribution in [0.1, 0.15) is 5.56 Å². The van der Waals surface area contributed by atoms with Crippen LogP contribution in [0.3, 0.4) is 0 Å². The molecule has 3 heteroatoms. The van der Waals surface area contributed by atoms with Gasteiger partial charge in [-0.05, 0) is 36.1 Å². The van der Waals surface area contributed by atoms with Crippen LogP contribution < -0.4 is 11.3 Å². The molecule has 0 radical (unpaired) electrons. The van der Waals surface area contributed by atoms with Crippen molar-refractivity contribution in [2.45, 2.75) is 6.92 Å². The van der Waals surface area contributed by atoms with Gasteiger partial charge >= 0.3 is 0 Å². The van der Waals surface area contributed by atoms with Gasteiger partial charge in [0.15, 0.2) is 0 Å². The monoisotopic (exact) mass is 188 g/mol. The molecule has 2 aromatic rings. The van der Waals surface area contributed by atoms with Crippen LogP contribution in [0.25, 0.3) is 10.8 Å². The molecule has 0 atom stereocenters. The van der Waals surface area contributed by atoms with E-state index in [9.17, 15) is 4.79 Å². The van der Waals surface area contributed by atoms with Crippen LogP contribution >= 0.6 is 0 Å². The standard InChI is InChI=1S/C11H12N2O/c1-7-8-5-6-13(2)11(14)9(8)3-4-10(7)12/h3-6H,12H2,1-2H3. The number of aryl methyl sites for hydroxylation is 2. The lowest BCUT2D eigenvalue weighted by atomic mass is 10.1. The summed E-state index contributed by atoms with van der Waals surface area (Å²) in [6.07, 6.45) is 1.76. The van der Waals surface area contributed by atoms with Crippen LogP contribution in [0.15, 0.2) is 29.2 Å². The molecule has 14 heavy (non-hydrogen) atoms. The Morgan fingerprint density at radius 1 is 1.21 bits per heavy atom. The maximum absolute atomic E-state index is 11.7. The van der Waals surface area contributed by atoms with Gasteiger partial charge in [0.25, 0.3) is 5.56 Å². The zero-order chi connectivity index (χ0) is 10.3. The van der Waals surface area contributed by atoms with Crippen molar-refractivity contribution < 1.29 is 0 Å². The van der Waals surface area contributed by atoms with Gasteiger partial charge in [-0.3, -0.25) is 4.79 Å². The second-order valence-electron chi connectivity index (χ2n) is 3.47. The first kappa shape index (κ1) is 8.81. The van der Waals surface area contributed by atoms with Gasteiger partial charge in [-0.2, -0.15) is 0 Å². The summed E-state index contributed by atoms with van der Waals surface area (Å²) in [5, 5.41) is 1.66. The number of hydrogen-bond donors (Lipinski definition) is 1. The van der Waals surface area contributed by atoms with E-state index in [2.05, 4.69) is 0 Å². The molecule has 0 unspecified atom stereocenters. The van der Waals surface area contributed by atoms with Crippen LogP contribution in [-0.4, -0.2) is 4.57 Å². The summed E-state index contributed by atoms with van der Waals surface area (Å²) < 4.78 is 1.57. The number of rotatable bonds is 0. The number of fused-ring (bicyclic) bond motifs is 1. The van der Waals surface area contributed by atoms with Crippen molar-refractivity contribution in [3.63, 3.8) is 0 Å². The Labute approximate surface area is 81.8 Å². The molecule has 72 valence electrons. The van der Waals surface area contributed by atoms with E-state index in [0.717, 1.165) is 22.0 Å². The van der Waals surface area contributed by atoms with Crippen molar-refractivity contribution in [1.29, 1.82) is 0 Å². The quantitative estimate of drug-likeness (QED) is 0.636. The first-order valence-corrected chi connectivity index (χ1v) is 4.45. The van der Waals surface area contributed by atoms with Crippen LogP contribution in [0, 0.1) is 6.92 Å². The molecule has 3 nitrogen and oxygen atoms in total. The van der Waals surface area contributed by atoms with Crippen LogP contribution in [0.4, 0.5) is 5.69 Å². The van der Waals surface area contributed by atoms with E-state index in [1.54, 1.807) is 29.9 Å². The molecule has 0 spiro atoms. The third-order valence-corrected chi connectivity index (χ3v) is 2.57. The lowest BCUT2D eigenvalue weighted by Gasteiger charge is -2.06. The molecule has 0 aliphatic rings. The van der Waals surface area contributed by atoms with E-state index in [0.29, 0.717) is 0 Å². The average Bonchev–Trinajstić information content (AvgIpc) is 2.17. The minimum absolute atomic E-state index is 0.0191. The first-order valence-electron chi connectivity index (χ1n) is 4.45. The number of hydrogen-bond acceptors (Lipinski definition) is 2. The van der Waals surface area contributed by atoms with Gasteiger partial charge in [0.05, 0.1) is 0 Å². The predicted octanol–water partition coefficient (Wildman–Crippen LogP) is 1.43.